The van der Waals surface area contributed by atoms with Crippen LogP contribution in [0.3, 0.4) is 0 Å². The van der Waals surface area contributed by atoms with Gasteiger partial charge >= 0.3 is 0 Å². The number of aryl methyl sites for hydroxylation is 1. The lowest BCUT2D eigenvalue weighted by atomic mass is 9.72. The number of hydrogen-bond donors (Lipinski definition) is 1. The maximum atomic E-state index is 3.68. The van der Waals surface area contributed by atoms with E-state index in [-0.39, 0.29) is 0 Å². The number of fused-ring (bicyclic) bond motifs is 1. The van der Waals surface area contributed by atoms with Crippen molar-refractivity contribution >= 4 is 0 Å². The summed E-state index contributed by atoms with van der Waals surface area (Å²) in [6.07, 6.45) is 9.57. The molecule has 0 saturated heterocycles. The summed E-state index contributed by atoms with van der Waals surface area (Å²) < 4.78 is 0. The first-order valence-corrected chi connectivity index (χ1v) is 8.87. The van der Waals surface area contributed by atoms with E-state index in [1.165, 1.54) is 44.9 Å². The highest BCUT2D eigenvalue weighted by molar-refractivity contribution is 5.32. The van der Waals surface area contributed by atoms with Crippen LogP contribution < -0.4 is 5.32 Å². The topological polar surface area (TPSA) is 12.0 Å². The van der Waals surface area contributed by atoms with Gasteiger partial charge in [-0.15, -0.1) is 0 Å². The monoisotopic (exact) mass is 285 g/mol. The SMILES string of the molecule is CNC(CC1CCCc2ccccc21)C1CCCC1(C)C. The van der Waals surface area contributed by atoms with E-state index in [4.69, 9.17) is 0 Å². The van der Waals surface area contributed by atoms with Gasteiger partial charge in [0.25, 0.3) is 0 Å². The molecule has 0 radical (unpaired) electrons. The number of rotatable bonds is 4. The van der Waals surface area contributed by atoms with Crippen molar-refractivity contribution in [3.63, 3.8) is 0 Å². The van der Waals surface area contributed by atoms with Crippen LogP contribution in [0, 0.1) is 11.3 Å². The van der Waals surface area contributed by atoms with Crippen molar-refractivity contribution in [2.24, 2.45) is 11.3 Å². The van der Waals surface area contributed by atoms with Crippen LogP contribution >= 0.6 is 0 Å². The second-order valence-electron chi connectivity index (χ2n) is 7.91. The number of benzene rings is 1. The van der Waals surface area contributed by atoms with E-state index >= 15 is 0 Å². The third-order valence-electron chi connectivity index (χ3n) is 6.23. The van der Waals surface area contributed by atoms with Crippen molar-refractivity contribution in [1.82, 2.24) is 5.32 Å². The van der Waals surface area contributed by atoms with Crippen molar-refractivity contribution in [2.75, 3.05) is 7.05 Å². The zero-order valence-electron chi connectivity index (χ0n) is 14.0. The van der Waals surface area contributed by atoms with Crippen LogP contribution in [-0.4, -0.2) is 13.1 Å². The molecule has 1 fully saturated rings. The fourth-order valence-corrected chi connectivity index (χ4v) is 4.99. The number of nitrogens with one attached hydrogen (secondary N) is 1. The predicted octanol–water partition coefficient (Wildman–Crippen LogP) is 4.91. The van der Waals surface area contributed by atoms with Crippen molar-refractivity contribution in [1.29, 1.82) is 0 Å². The molecule has 21 heavy (non-hydrogen) atoms. The van der Waals surface area contributed by atoms with Crippen molar-refractivity contribution in [3.8, 4) is 0 Å². The van der Waals surface area contributed by atoms with E-state index in [1.54, 1.807) is 11.1 Å². The summed E-state index contributed by atoms with van der Waals surface area (Å²) in [5.74, 6) is 1.61. The molecule has 1 nitrogen and oxygen atoms in total. The standard InChI is InChI=1S/C20H31N/c1-20(2)13-7-12-18(20)19(21-3)14-16-10-6-9-15-8-4-5-11-17(15)16/h4-5,8,11,16,18-19,21H,6-7,9-10,12-14H2,1-3H3. The first-order valence-electron chi connectivity index (χ1n) is 8.87. The Kier molecular flexibility index (Phi) is 4.40. The van der Waals surface area contributed by atoms with Gasteiger partial charge in [-0.2, -0.15) is 0 Å². The van der Waals surface area contributed by atoms with Gasteiger partial charge in [0, 0.05) is 6.04 Å². The first-order chi connectivity index (χ1) is 10.1. The molecular weight excluding hydrogens is 254 g/mol. The maximum Gasteiger partial charge on any atom is 0.0103 e. The Hall–Kier alpha value is -0.820. The largest absolute Gasteiger partial charge is 0.317 e. The highest BCUT2D eigenvalue weighted by Crippen LogP contribution is 2.47. The van der Waals surface area contributed by atoms with E-state index in [2.05, 4.69) is 50.5 Å². The fourth-order valence-electron chi connectivity index (χ4n) is 4.99. The van der Waals surface area contributed by atoms with Gasteiger partial charge in [-0.1, -0.05) is 44.5 Å². The van der Waals surface area contributed by atoms with E-state index in [9.17, 15) is 0 Å². The summed E-state index contributed by atoms with van der Waals surface area (Å²) in [5.41, 5.74) is 3.76. The van der Waals surface area contributed by atoms with Crippen molar-refractivity contribution in [2.45, 2.75) is 70.8 Å². The summed E-state index contributed by atoms with van der Waals surface area (Å²) in [5, 5.41) is 3.68. The molecule has 1 N–H and O–H groups in total. The van der Waals surface area contributed by atoms with E-state index in [0.717, 1.165) is 11.8 Å². The Bertz CT molecular complexity index is 476. The summed E-state index contributed by atoms with van der Waals surface area (Å²) in [6, 6.07) is 9.84. The molecule has 1 aromatic carbocycles. The molecule has 2 aliphatic rings. The van der Waals surface area contributed by atoms with Crippen LogP contribution in [0.15, 0.2) is 24.3 Å². The van der Waals surface area contributed by atoms with Crippen LogP contribution in [0.1, 0.15) is 69.4 Å². The Labute approximate surface area is 130 Å². The highest BCUT2D eigenvalue weighted by Gasteiger charge is 2.40. The van der Waals surface area contributed by atoms with Gasteiger partial charge in [0.15, 0.2) is 0 Å². The predicted molar refractivity (Wildman–Crippen MR) is 90.7 cm³/mol. The fraction of sp³-hybridized carbons (Fsp3) is 0.700. The molecule has 1 saturated carbocycles. The number of hydrogen-bond acceptors (Lipinski definition) is 1. The lowest BCUT2D eigenvalue weighted by Gasteiger charge is -2.37. The summed E-state index contributed by atoms with van der Waals surface area (Å²) in [6.45, 7) is 4.95. The molecule has 0 bridgehead atoms. The third-order valence-corrected chi connectivity index (χ3v) is 6.23. The van der Waals surface area contributed by atoms with Crippen molar-refractivity contribution in [3.05, 3.63) is 35.4 Å². The van der Waals surface area contributed by atoms with E-state index in [1.807, 2.05) is 0 Å². The lowest BCUT2D eigenvalue weighted by molar-refractivity contribution is 0.187. The maximum absolute atomic E-state index is 3.68. The van der Waals surface area contributed by atoms with Gasteiger partial charge in [0.05, 0.1) is 0 Å². The molecule has 3 rings (SSSR count). The Morgan fingerprint density at radius 1 is 1.19 bits per heavy atom. The Balaban J connectivity index is 1.76. The molecule has 2 aliphatic carbocycles. The molecular formula is C20H31N. The zero-order valence-corrected chi connectivity index (χ0v) is 14.0. The minimum absolute atomic E-state index is 0.516. The molecule has 0 spiro atoms. The summed E-state index contributed by atoms with van der Waals surface area (Å²) >= 11 is 0. The average molecular weight is 285 g/mol. The van der Waals surface area contributed by atoms with Crippen molar-refractivity contribution < 1.29 is 0 Å². The molecule has 1 aromatic rings. The molecule has 0 heterocycles. The second-order valence-corrected chi connectivity index (χ2v) is 7.91. The summed E-state index contributed by atoms with van der Waals surface area (Å²) in [4.78, 5) is 0. The molecule has 0 aromatic heterocycles. The van der Waals surface area contributed by atoms with Crippen LogP contribution in [0.4, 0.5) is 0 Å². The lowest BCUT2D eigenvalue weighted by Crippen LogP contribution is -2.40. The van der Waals surface area contributed by atoms with Gasteiger partial charge < -0.3 is 5.32 Å². The quantitative estimate of drug-likeness (QED) is 0.828. The third kappa shape index (κ3) is 3.04. The molecule has 0 amide bonds. The van der Waals surface area contributed by atoms with E-state index in [0.29, 0.717) is 11.5 Å². The minimum atomic E-state index is 0.516. The van der Waals surface area contributed by atoms with Crippen LogP contribution in [0.5, 0.6) is 0 Å². The normalized spacial score (nSPS) is 29.1. The molecule has 3 unspecified atom stereocenters. The summed E-state index contributed by atoms with van der Waals surface area (Å²) in [7, 11) is 2.17. The minimum Gasteiger partial charge on any atom is -0.317 e. The first kappa shape index (κ1) is 15.1. The van der Waals surface area contributed by atoms with E-state index < -0.39 is 0 Å². The van der Waals surface area contributed by atoms with Gasteiger partial charge in [0.1, 0.15) is 0 Å². The van der Waals surface area contributed by atoms with Crippen LogP contribution in [0.2, 0.25) is 0 Å². The molecule has 0 aliphatic heterocycles. The smallest absolute Gasteiger partial charge is 0.0103 e. The molecule has 1 heteroatoms. The van der Waals surface area contributed by atoms with Crippen LogP contribution in [-0.2, 0) is 6.42 Å². The Morgan fingerprint density at radius 3 is 2.71 bits per heavy atom. The average Bonchev–Trinajstić information content (AvgIpc) is 2.84. The van der Waals surface area contributed by atoms with Gasteiger partial charge in [-0.05, 0) is 74.0 Å². The second kappa shape index (κ2) is 6.12. The highest BCUT2D eigenvalue weighted by atomic mass is 14.9. The van der Waals surface area contributed by atoms with Crippen LogP contribution in [0.25, 0.3) is 0 Å². The van der Waals surface area contributed by atoms with Gasteiger partial charge in [0.2, 0.25) is 0 Å². The van der Waals surface area contributed by atoms with Gasteiger partial charge in [-0.25, -0.2) is 0 Å². The zero-order chi connectivity index (χ0) is 14.9. The molecule has 116 valence electrons. The molecule has 3 atom stereocenters. The Morgan fingerprint density at radius 2 is 2.00 bits per heavy atom. The van der Waals surface area contributed by atoms with Gasteiger partial charge in [-0.3, -0.25) is 0 Å².